The summed E-state index contributed by atoms with van der Waals surface area (Å²) in [5.41, 5.74) is 2.32. The van der Waals surface area contributed by atoms with Gasteiger partial charge in [-0.25, -0.2) is 4.90 Å². The van der Waals surface area contributed by atoms with E-state index >= 15 is 0 Å². The van der Waals surface area contributed by atoms with Crippen molar-refractivity contribution in [1.82, 2.24) is 9.80 Å². The number of ether oxygens (including phenoxy) is 1. The van der Waals surface area contributed by atoms with Gasteiger partial charge in [0.15, 0.2) is 0 Å². The van der Waals surface area contributed by atoms with Crippen LogP contribution in [-0.2, 0) is 16.1 Å². The summed E-state index contributed by atoms with van der Waals surface area (Å²) in [6.07, 6.45) is 0. The summed E-state index contributed by atoms with van der Waals surface area (Å²) < 4.78 is 5.24. The Balaban J connectivity index is 1.39. The van der Waals surface area contributed by atoms with Crippen molar-refractivity contribution in [2.75, 3.05) is 38.2 Å². The summed E-state index contributed by atoms with van der Waals surface area (Å²) in [5, 5.41) is 0. The highest BCUT2D eigenvalue weighted by Crippen LogP contribution is 2.39. The zero-order chi connectivity index (χ0) is 24.2. The lowest BCUT2D eigenvalue weighted by Gasteiger charge is -2.36. The van der Waals surface area contributed by atoms with E-state index in [9.17, 15) is 9.59 Å². The first-order valence-electron chi connectivity index (χ1n) is 11.7. The molecule has 2 aliphatic rings. The van der Waals surface area contributed by atoms with Gasteiger partial charge < -0.3 is 9.64 Å². The van der Waals surface area contributed by atoms with E-state index in [-0.39, 0.29) is 11.8 Å². The molecule has 5 rings (SSSR count). The number of carbonyl (C=O) groups excluding carboxylic acids is 2. The third kappa shape index (κ3) is 4.97. The van der Waals surface area contributed by atoms with Crippen LogP contribution in [0.2, 0.25) is 0 Å². The second-order valence-corrected chi connectivity index (χ2v) is 9.57. The normalized spacial score (nSPS) is 16.8. The fraction of sp³-hybridized carbons (Fsp3) is 0.214. The molecule has 3 aromatic rings. The van der Waals surface area contributed by atoms with Crippen molar-refractivity contribution in [3.05, 3.63) is 101 Å². The number of hydrogen-bond acceptors (Lipinski definition) is 6. The molecular formula is C28H27N3O3S. The molecule has 6 nitrogen and oxygen atoms in total. The van der Waals surface area contributed by atoms with E-state index in [0.29, 0.717) is 35.1 Å². The van der Waals surface area contributed by atoms with Crippen molar-refractivity contribution in [3.8, 4) is 5.75 Å². The highest BCUT2D eigenvalue weighted by molar-refractivity contribution is 8.04. The van der Waals surface area contributed by atoms with Gasteiger partial charge >= 0.3 is 0 Å². The number of nitrogens with zero attached hydrogens (tertiary/aromatic N) is 3. The lowest BCUT2D eigenvalue weighted by Crippen LogP contribution is -2.47. The van der Waals surface area contributed by atoms with Crippen LogP contribution >= 0.6 is 11.8 Å². The standard InChI is InChI=1S/C28H27N3O3S/c1-34-23-14-12-22(13-15-23)31-27(32)25(26(28(31)33)35-24-10-6-3-7-11-24)30-18-16-29(17-19-30)20-21-8-4-2-5-9-21/h2-15H,16-20H2,1H3. The molecule has 178 valence electrons. The molecular weight excluding hydrogens is 458 g/mol. The first-order chi connectivity index (χ1) is 17.1. The van der Waals surface area contributed by atoms with Crippen molar-refractivity contribution in [1.29, 1.82) is 0 Å². The van der Waals surface area contributed by atoms with Crippen molar-refractivity contribution >= 4 is 29.3 Å². The fourth-order valence-electron chi connectivity index (χ4n) is 4.41. The Labute approximate surface area is 209 Å². The topological polar surface area (TPSA) is 53.1 Å². The van der Waals surface area contributed by atoms with E-state index in [1.165, 1.54) is 22.2 Å². The summed E-state index contributed by atoms with van der Waals surface area (Å²) in [6.45, 7) is 3.91. The van der Waals surface area contributed by atoms with Gasteiger partial charge in [0, 0.05) is 37.6 Å². The number of rotatable bonds is 7. The molecule has 1 fully saturated rings. The van der Waals surface area contributed by atoms with Crippen molar-refractivity contribution < 1.29 is 14.3 Å². The van der Waals surface area contributed by atoms with E-state index in [4.69, 9.17) is 4.74 Å². The highest BCUT2D eigenvalue weighted by atomic mass is 32.2. The number of benzene rings is 3. The lowest BCUT2D eigenvalue weighted by atomic mass is 10.2. The average Bonchev–Trinajstić information content (AvgIpc) is 3.14. The molecule has 7 heteroatoms. The Morgan fingerprint density at radius 3 is 2.03 bits per heavy atom. The van der Waals surface area contributed by atoms with Crippen molar-refractivity contribution in [2.45, 2.75) is 11.4 Å². The maximum atomic E-state index is 13.7. The van der Waals surface area contributed by atoms with Gasteiger partial charge in [-0.3, -0.25) is 14.5 Å². The third-order valence-corrected chi connectivity index (χ3v) is 7.33. The summed E-state index contributed by atoms with van der Waals surface area (Å²) in [7, 11) is 1.59. The minimum absolute atomic E-state index is 0.268. The molecule has 2 amide bonds. The van der Waals surface area contributed by atoms with E-state index in [1.54, 1.807) is 31.4 Å². The molecule has 1 saturated heterocycles. The molecule has 2 heterocycles. The van der Waals surface area contributed by atoms with E-state index < -0.39 is 0 Å². The Hall–Kier alpha value is -3.55. The van der Waals surface area contributed by atoms with Crippen LogP contribution in [0.25, 0.3) is 0 Å². The predicted octanol–water partition coefficient (Wildman–Crippen LogP) is 4.39. The number of carbonyl (C=O) groups is 2. The zero-order valence-corrected chi connectivity index (χ0v) is 20.4. The fourth-order valence-corrected chi connectivity index (χ4v) is 5.43. The molecule has 0 atom stereocenters. The number of thioether (sulfide) groups is 1. The molecule has 0 N–H and O–H groups in total. The van der Waals surface area contributed by atoms with Crippen LogP contribution in [0, 0.1) is 0 Å². The minimum atomic E-state index is -0.282. The van der Waals surface area contributed by atoms with Crippen LogP contribution in [0.1, 0.15) is 5.56 Å². The highest BCUT2D eigenvalue weighted by Gasteiger charge is 2.43. The maximum absolute atomic E-state index is 13.7. The van der Waals surface area contributed by atoms with Gasteiger partial charge in [-0.2, -0.15) is 0 Å². The molecule has 0 aliphatic carbocycles. The van der Waals surface area contributed by atoms with Crippen LogP contribution in [-0.4, -0.2) is 54.9 Å². The number of imide groups is 1. The van der Waals surface area contributed by atoms with Crippen molar-refractivity contribution in [2.24, 2.45) is 0 Å². The number of piperazine rings is 1. The summed E-state index contributed by atoms with van der Waals surface area (Å²) in [5.74, 6) is 0.125. The molecule has 0 bridgehead atoms. The van der Waals surface area contributed by atoms with Crippen LogP contribution in [0.15, 0.2) is 100 Å². The largest absolute Gasteiger partial charge is 0.497 e. The van der Waals surface area contributed by atoms with E-state index in [1.807, 2.05) is 36.4 Å². The van der Waals surface area contributed by atoms with Gasteiger partial charge in [0.05, 0.1) is 12.8 Å². The first kappa shape index (κ1) is 23.2. The SMILES string of the molecule is COc1ccc(N2C(=O)C(Sc3ccccc3)=C(N3CCN(Cc4ccccc4)CC3)C2=O)cc1. The van der Waals surface area contributed by atoms with Gasteiger partial charge in [0.1, 0.15) is 16.4 Å². The number of hydrogen-bond donors (Lipinski definition) is 0. The van der Waals surface area contributed by atoms with Crippen LogP contribution in [0.3, 0.4) is 0 Å². The van der Waals surface area contributed by atoms with Crippen LogP contribution in [0.4, 0.5) is 5.69 Å². The van der Waals surface area contributed by atoms with E-state index in [2.05, 4.69) is 34.1 Å². The number of methoxy groups -OCH3 is 1. The second kappa shape index (κ2) is 10.4. The van der Waals surface area contributed by atoms with Gasteiger partial charge in [-0.05, 0) is 42.0 Å². The molecule has 3 aromatic carbocycles. The molecule has 0 saturated carbocycles. The lowest BCUT2D eigenvalue weighted by molar-refractivity contribution is -0.121. The van der Waals surface area contributed by atoms with Gasteiger partial charge in [-0.15, -0.1) is 0 Å². The maximum Gasteiger partial charge on any atom is 0.283 e. The molecule has 2 aliphatic heterocycles. The summed E-state index contributed by atoms with van der Waals surface area (Å²) >= 11 is 1.36. The van der Waals surface area contributed by atoms with Gasteiger partial charge in [-0.1, -0.05) is 60.3 Å². The Morgan fingerprint density at radius 2 is 1.40 bits per heavy atom. The predicted molar refractivity (Wildman–Crippen MR) is 138 cm³/mol. The quantitative estimate of drug-likeness (QED) is 0.463. The van der Waals surface area contributed by atoms with Gasteiger partial charge in [0.25, 0.3) is 11.8 Å². The van der Waals surface area contributed by atoms with Crippen LogP contribution < -0.4 is 9.64 Å². The smallest absolute Gasteiger partial charge is 0.283 e. The summed E-state index contributed by atoms with van der Waals surface area (Å²) in [4.78, 5) is 34.4. The second-order valence-electron chi connectivity index (χ2n) is 8.49. The monoisotopic (exact) mass is 485 g/mol. The minimum Gasteiger partial charge on any atom is -0.497 e. The molecule has 0 aromatic heterocycles. The molecule has 35 heavy (non-hydrogen) atoms. The van der Waals surface area contributed by atoms with Crippen LogP contribution in [0.5, 0.6) is 5.75 Å². The third-order valence-electron chi connectivity index (χ3n) is 6.25. The Kier molecular flexibility index (Phi) is 6.88. The first-order valence-corrected chi connectivity index (χ1v) is 12.5. The molecule has 0 radical (unpaired) electrons. The van der Waals surface area contributed by atoms with Crippen molar-refractivity contribution in [3.63, 3.8) is 0 Å². The Bertz CT molecular complexity index is 1220. The van der Waals surface area contributed by atoms with Gasteiger partial charge in [0.2, 0.25) is 0 Å². The van der Waals surface area contributed by atoms with E-state index in [0.717, 1.165) is 24.5 Å². The number of anilines is 1. The average molecular weight is 486 g/mol. The number of amides is 2. The zero-order valence-electron chi connectivity index (χ0n) is 19.6. The summed E-state index contributed by atoms with van der Waals surface area (Å²) in [6, 6.07) is 27.2. The molecule has 0 spiro atoms. The molecule has 0 unspecified atom stereocenters. The Morgan fingerprint density at radius 1 is 0.771 bits per heavy atom.